The first-order chi connectivity index (χ1) is 6.75. The van der Waals surface area contributed by atoms with Crippen molar-refractivity contribution < 1.29 is 4.74 Å². The van der Waals surface area contributed by atoms with Gasteiger partial charge in [-0.1, -0.05) is 0 Å². The van der Waals surface area contributed by atoms with Crippen molar-refractivity contribution in [3.63, 3.8) is 0 Å². The Bertz CT molecular complexity index is 299. The third-order valence-corrected chi connectivity index (χ3v) is 2.52. The van der Waals surface area contributed by atoms with Gasteiger partial charge in [0.2, 0.25) is 0 Å². The predicted octanol–water partition coefficient (Wildman–Crippen LogP) is -0.194. The molecule has 2 rings (SSSR count). The molecular formula is C9H16N4O. The largest absolute Gasteiger partial charge is 0.382 e. The molecule has 5 heteroatoms. The van der Waals surface area contributed by atoms with E-state index in [1.54, 1.807) is 10.9 Å². The van der Waals surface area contributed by atoms with E-state index in [1.807, 2.05) is 13.2 Å². The smallest absolute Gasteiger partial charge is 0.0726 e. The normalized spacial score (nSPS) is 26.7. The molecule has 2 unspecified atom stereocenters. The highest BCUT2D eigenvalue weighted by Crippen LogP contribution is 2.13. The van der Waals surface area contributed by atoms with Gasteiger partial charge in [0.1, 0.15) is 0 Å². The Hall–Kier alpha value is -1.07. The van der Waals surface area contributed by atoms with Gasteiger partial charge in [-0.3, -0.25) is 4.68 Å². The average Bonchev–Trinajstić information content (AvgIpc) is 2.72. The van der Waals surface area contributed by atoms with Gasteiger partial charge >= 0.3 is 0 Å². The molecule has 1 aliphatic rings. The summed E-state index contributed by atoms with van der Waals surface area (Å²) >= 11 is 0. The van der Waals surface area contributed by atoms with Crippen LogP contribution in [0.3, 0.4) is 0 Å². The summed E-state index contributed by atoms with van der Waals surface area (Å²) in [5.41, 5.74) is 6.90. The maximum absolute atomic E-state index is 5.86. The van der Waals surface area contributed by atoms with Gasteiger partial charge in [0.05, 0.1) is 25.1 Å². The van der Waals surface area contributed by atoms with Crippen LogP contribution in [0.4, 0.5) is 5.69 Å². The van der Waals surface area contributed by atoms with Crippen LogP contribution in [0.15, 0.2) is 12.4 Å². The SMILES string of the molecule is Cn1cc(NCC2COCC2N)cn1. The second-order valence-corrected chi connectivity index (χ2v) is 3.74. The molecule has 1 aromatic heterocycles. The van der Waals surface area contributed by atoms with E-state index in [0.717, 1.165) is 18.8 Å². The minimum Gasteiger partial charge on any atom is -0.382 e. The summed E-state index contributed by atoms with van der Waals surface area (Å²) in [6.07, 6.45) is 3.75. The monoisotopic (exact) mass is 196 g/mol. The quantitative estimate of drug-likeness (QED) is 0.703. The van der Waals surface area contributed by atoms with Crippen molar-refractivity contribution in [2.24, 2.45) is 18.7 Å². The van der Waals surface area contributed by atoms with Crippen LogP contribution in [0.1, 0.15) is 0 Å². The zero-order valence-corrected chi connectivity index (χ0v) is 8.31. The van der Waals surface area contributed by atoms with Crippen LogP contribution in [0.25, 0.3) is 0 Å². The first-order valence-corrected chi connectivity index (χ1v) is 4.81. The van der Waals surface area contributed by atoms with Crippen LogP contribution in [0.5, 0.6) is 0 Å². The fraction of sp³-hybridized carbons (Fsp3) is 0.667. The Morgan fingerprint density at radius 1 is 1.71 bits per heavy atom. The molecule has 3 N–H and O–H groups in total. The Morgan fingerprint density at radius 2 is 2.57 bits per heavy atom. The summed E-state index contributed by atoms with van der Waals surface area (Å²) in [6, 6.07) is 0.166. The Morgan fingerprint density at radius 3 is 3.14 bits per heavy atom. The minimum atomic E-state index is 0.166. The van der Waals surface area contributed by atoms with Gasteiger partial charge in [-0.25, -0.2) is 0 Å². The molecule has 5 nitrogen and oxygen atoms in total. The minimum absolute atomic E-state index is 0.166. The lowest BCUT2D eigenvalue weighted by molar-refractivity contribution is 0.185. The van der Waals surface area contributed by atoms with E-state index in [4.69, 9.17) is 10.5 Å². The fourth-order valence-electron chi connectivity index (χ4n) is 1.59. The second kappa shape index (κ2) is 3.98. The fourth-order valence-corrected chi connectivity index (χ4v) is 1.59. The first-order valence-electron chi connectivity index (χ1n) is 4.81. The molecule has 14 heavy (non-hydrogen) atoms. The van der Waals surface area contributed by atoms with Gasteiger partial charge in [-0.15, -0.1) is 0 Å². The van der Waals surface area contributed by atoms with Crippen LogP contribution in [-0.2, 0) is 11.8 Å². The van der Waals surface area contributed by atoms with Crippen molar-refractivity contribution in [3.8, 4) is 0 Å². The highest BCUT2D eigenvalue weighted by molar-refractivity contribution is 5.38. The molecule has 2 atom stereocenters. The third-order valence-electron chi connectivity index (χ3n) is 2.52. The van der Waals surface area contributed by atoms with Gasteiger partial charge < -0.3 is 15.8 Å². The van der Waals surface area contributed by atoms with Crippen molar-refractivity contribution >= 4 is 5.69 Å². The Balaban J connectivity index is 1.82. The van der Waals surface area contributed by atoms with Gasteiger partial charge in [0.15, 0.2) is 0 Å². The molecule has 0 amide bonds. The van der Waals surface area contributed by atoms with E-state index in [1.165, 1.54) is 0 Å². The van der Waals surface area contributed by atoms with Gasteiger partial charge in [-0.2, -0.15) is 5.10 Å². The summed E-state index contributed by atoms with van der Waals surface area (Å²) in [5.74, 6) is 0.412. The van der Waals surface area contributed by atoms with E-state index in [0.29, 0.717) is 12.5 Å². The van der Waals surface area contributed by atoms with Gasteiger partial charge in [0, 0.05) is 31.7 Å². The number of rotatable bonds is 3. The lowest BCUT2D eigenvalue weighted by Gasteiger charge is -2.13. The topological polar surface area (TPSA) is 65.1 Å². The van der Waals surface area contributed by atoms with E-state index in [9.17, 15) is 0 Å². The number of nitrogens with zero attached hydrogens (tertiary/aromatic N) is 2. The van der Waals surface area contributed by atoms with Crippen LogP contribution >= 0.6 is 0 Å². The molecule has 1 fully saturated rings. The van der Waals surface area contributed by atoms with Crippen molar-refractivity contribution in [3.05, 3.63) is 12.4 Å². The molecule has 1 aromatic rings. The van der Waals surface area contributed by atoms with Crippen molar-refractivity contribution in [2.45, 2.75) is 6.04 Å². The van der Waals surface area contributed by atoms with E-state index in [2.05, 4.69) is 10.4 Å². The summed E-state index contributed by atoms with van der Waals surface area (Å²) in [6.45, 7) is 2.29. The Labute approximate surface area is 83.2 Å². The highest BCUT2D eigenvalue weighted by Gasteiger charge is 2.24. The molecule has 1 aliphatic heterocycles. The van der Waals surface area contributed by atoms with Crippen LogP contribution in [-0.4, -0.2) is 35.6 Å². The molecule has 0 bridgehead atoms. The van der Waals surface area contributed by atoms with E-state index >= 15 is 0 Å². The first kappa shape index (κ1) is 9.48. The molecule has 0 radical (unpaired) electrons. The summed E-state index contributed by atoms with van der Waals surface area (Å²) in [4.78, 5) is 0. The summed E-state index contributed by atoms with van der Waals surface area (Å²) in [5, 5.41) is 7.37. The molecule has 0 spiro atoms. The highest BCUT2D eigenvalue weighted by atomic mass is 16.5. The van der Waals surface area contributed by atoms with Crippen molar-refractivity contribution in [2.75, 3.05) is 25.1 Å². The van der Waals surface area contributed by atoms with Gasteiger partial charge in [0.25, 0.3) is 0 Å². The van der Waals surface area contributed by atoms with Gasteiger partial charge in [-0.05, 0) is 0 Å². The average molecular weight is 196 g/mol. The van der Waals surface area contributed by atoms with Crippen LogP contribution < -0.4 is 11.1 Å². The molecule has 0 aromatic carbocycles. The third kappa shape index (κ3) is 2.05. The molecular weight excluding hydrogens is 180 g/mol. The van der Waals surface area contributed by atoms with Crippen LogP contribution in [0.2, 0.25) is 0 Å². The number of hydrogen-bond donors (Lipinski definition) is 2. The number of aryl methyl sites for hydroxylation is 1. The van der Waals surface area contributed by atoms with Crippen molar-refractivity contribution in [1.82, 2.24) is 9.78 Å². The number of nitrogens with one attached hydrogen (secondary N) is 1. The predicted molar refractivity (Wildman–Crippen MR) is 54.0 cm³/mol. The van der Waals surface area contributed by atoms with Crippen molar-refractivity contribution in [1.29, 1.82) is 0 Å². The van der Waals surface area contributed by atoms with E-state index < -0.39 is 0 Å². The lowest BCUT2D eigenvalue weighted by Crippen LogP contribution is -2.33. The molecule has 1 saturated heterocycles. The molecule has 0 saturated carbocycles. The summed E-state index contributed by atoms with van der Waals surface area (Å²) < 4.78 is 7.05. The maximum Gasteiger partial charge on any atom is 0.0726 e. The number of aromatic nitrogens is 2. The Kier molecular flexibility index (Phi) is 2.69. The lowest BCUT2D eigenvalue weighted by atomic mass is 10.1. The van der Waals surface area contributed by atoms with E-state index in [-0.39, 0.29) is 6.04 Å². The number of hydrogen-bond acceptors (Lipinski definition) is 4. The molecule has 0 aliphatic carbocycles. The zero-order chi connectivity index (χ0) is 9.97. The maximum atomic E-state index is 5.86. The number of nitrogens with two attached hydrogens (primary N) is 1. The number of ether oxygens (including phenoxy) is 1. The second-order valence-electron chi connectivity index (χ2n) is 3.74. The number of anilines is 1. The molecule has 2 heterocycles. The standard InChI is InChI=1S/C9H16N4O/c1-13-4-8(3-12-13)11-2-7-5-14-6-9(7)10/h3-4,7,9,11H,2,5-6,10H2,1H3. The zero-order valence-electron chi connectivity index (χ0n) is 8.31. The van der Waals surface area contributed by atoms with Crippen LogP contribution in [0, 0.1) is 5.92 Å². The summed E-state index contributed by atoms with van der Waals surface area (Å²) in [7, 11) is 1.90. The molecule has 78 valence electrons.